The van der Waals surface area contributed by atoms with Crippen molar-refractivity contribution in [2.24, 2.45) is 17.8 Å². The van der Waals surface area contributed by atoms with E-state index >= 15 is 0 Å². The molecule has 2 rings (SSSR count). The maximum Gasteiger partial charge on any atom is 0.0856 e. The van der Waals surface area contributed by atoms with Gasteiger partial charge < -0.3 is 4.74 Å². The summed E-state index contributed by atoms with van der Waals surface area (Å²) in [4.78, 5) is 0. The molecule has 0 spiro atoms. The van der Waals surface area contributed by atoms with Gasteiger partial charge in [0.1, 0.15) is 0 Å². The molecule has 94 valence electrons. The van der Waals surface area contributed by atoms with E-state index in [4.69, 9.17) is 4.74 Å². The molecule has 0 radical (unpaired) electrons. The van der Waals surface area contributed by atoms with Gasteiger partial charge in [0.05, 0.1) is 12.2 Å². The minimum absolute atomic E-state index is 0.271. The zero-order valence-corrected chi connectivity index (χ0v) is 11.4. The van der Waals surface area contributed by atoms with Gasteiger partial charge in [0.25, 0.3) is 0 Å². The van der Waals surface area contributed by atoms with E-state index in [0.29, 0.717) is 17.9 Å². The minimum atomic E-state index is 0.271. The van der Waals surface area contributed by atoms with Crippen LogP contribution in [0, 0.1) is 17.8 Å². The van der Waals surface area contributed by atoms with Crippen LogP contribution in [0.5, 0.6) is 0 Å². The molecule has 1 fully saturated rings. The molecule has 1 nitrogen and oxygen atoms in total. The minimum Gasteiger partial charge on any atom is -0.370 e. The Labute approximate surface area is 105 Å². The van der Waals surface area contributed by atoms with Gasteiger partial charge in [0, 0.05) is 0 Å². The third-order valence-corrected chi connectivity index (χ3v) is 4.57. The van der Waals surface area contributed by atoms with E-state index in [1.54, 1.807) is 0 Å². The Morgan fingerprint density at radius 1 is 0.941 bits per heavy atom. The van der Waals surface area contributed by atoms with Crippen LogP contribution in [-0.2, 0) is 4.74 Å². The third kappa shape index (κ3) is 2.40. The van der Waals surface area contributed by atoms with E-state index in [1.807, 2.05) is 0 Å². The standard InChI is InChI=1S/C16H24O/c1-5-15-12(3)11(2)13(4)16(17-15)14-9-7-6-8-10-14/h6-13,15-16H,5H2,1-4H3. The Morgan fingerprint density at radius 2 is 1.59 bits per heavy atom. The highest BCUT2D eigenvalue weighted by molar-refractivity contribution is 5.19. The molecular weight excluding hydrogens is 208 g/mol. The average molecular weight is 232 g/mol. The topological polar surface area (TPSA) is 9.23 Å². The van der Waals surface area contributed by atoms with Crippen LogP contribution in [0.3, 0.4) is 0 Å². The lowest BCUT2D eigenvalue weighted by molar-refractivity contribution is -0.136. The molecule has 0 aliphatic carbocycles. The van der Waals surface area contributed by atoms with Crippen molar-refractivity contribution in [3.8, 4) is 0 Å². The van der Waals surface area contributed by atoms with E-state index in [1.165, 1.54) is 5.56 Å². The molecule has 5 unspecified atom stereocenters. The van der Waals surface area contributed by atoms with Gasteiger partial charge in [-0.15, -0.1) is 0 Å². The summed E-state index contributed by atoms with van der Waals surface area (Å²) in [7, 11) is 0. The number of rotatable bonds is 2. The van der Waals surface area contributed by atoms with Crippen molar-refractivity contribution >= 4 is 0 Å². The summed E-state index contributed by atoms with van der Waals surface area (Å²) in [6.07, 6.45) is 1.79. The zero-order chi connectivity index (χ0) is 12.4. The van der Waals surface area contributed by atoms with E-state index in [0.717, 1.165) is 12.3 Å². The first-order valence-electron chi connectivity index (χ1n) is 6.85. The number of benzene rings is 1. The van der Waals surface area contributed by atoms with Gasteiger partial charge in [-0.25, -0.2) is 0 Å². The van der Waals surface area contributed by atoms with Crippen LogP contribution >= 0.6 is 0 Å². The predicted molar refractivity (Wildman–Crippen MR) is 71.8 cm³/mol. The quantitative estimate of drug-likeness (QED) is 0.732. The van der Waals surface area contributed by atoms with E-state index < -0.39 is 0 Å². The Bertz CT molecular complexity index is 344. The average Bonchev–Trinajstić information content (AvgIpc) is 2.37. The molecule has 1 aliphatic rings. The first-order chi connectivity index (χ1) is 8.15. The first kappa shape index (κ1) is 12.6. The third-order valence-electron chi connectivity index (χ3n) is 4.57. The monoisotopic (exact) mass is 232 g/mol. The highest BCUT2D eigenvalue weighted by Gasteiger charge is 2.38. The van der Waals surface area contributed by atoms with Gasteiger partial charge in [-0.05, 0) is 29.7 Å². The number of hydrogen-bond acceptors (Lipinski definition) is 1. The van der Waals surface area contributed by atoms with Gasteiger partial charge >= 0.3 is 0 Å². The summed E-state index contributed by atoms with van der Waals surface area (Å²) in [6.45, 7) is 9.25. The largest absolute Gasteiger partial charge is 0.370 e. The lowest BCUT2D eigenvalue weighted by Crippen LogP contribution is -2.40. The van der Waals surface area contributed by atoms with Crippen LogP contribution < -0.4 is 0 Å². The second-order valence-corrected chi connectivity index (χ2v) is 5.49. The van der Waals surface area contributed by atoms with Crippen molar-refractivity contribution < 1.29 is 4.74 Å². The van der Waals surface area contributed by atoms with E-state index in [2.05, 4.69) is 58.0 Å². The summed E-state index contributed by atoms with van der Waals surface area (Å²) < 4.78 is 6.32. The number of ether oxygens (including phenoxy) is 1. The molecule has 1 saturated heterocycles. The molecular formula is C16H24O. The highest BCUT2D eigenvalue weighted by atomic mass is 16.5. The van der Waals surface area contributed by atoms with Crippen LogP contribution in [0.1, 0.15) is 45.8 Å². The summed E-state index contributed by atoms with van der Waals surface area (Å²) in [6, 6.07) is 10.7. The lowest BCUT2D eigenvalue weighted by atomic mass is 9.74. The highest BCUT2D eigenvalue weighted by Crippen LogP contribution is 2.43. The molecule has 1 aromatic carbocycles. The van der Waals surface area contributed by atoms with Crippen LogP contribution in [0.25, 0.3) is 0 Å². The van der Waals surface area contributed by atoms with Crippen molar-refractivity contribution in [2.75, 3.05) is 0 Å². The molecule has 17 heavy (non-hydrogen) atoms. The molecule has 0 N–H and O–H groups in total. The molecule has 1 aromatic rings. The molecule has 0 amide bonds. The van der Waals surface area contributed by atoms with Gasteiger partial charge in [-0.3, -0.25) is 0 Å². The Kier molecular flexibility index (Phi) is 3.88. The summed E-state index contributed by atoms with van der Waals surface area (Å²) >= 11 is 0. The molecule has 1 aliphatic heterocycles. The van der Waals surface area contributed by atoms with Crippen LogP contribution in [0.2, 0.25) is 0 Å². The maximum absolute atomic E-state index is 6.32. The SMILES string of the molecule is CCC1OC(c2ccccc2)C(C)C(C)C1C. The van der Waals surface area contributed by atoms with Gasteiger partial charge in [0.15, 0.2) is 0 Å². The molecule has 0 saturated carbocycles. The van der Waals surface area contributed by atoms with Crippen molar-refractivity contribution in [1.29, 1.82) is 0 Å². The Morgan fingerprint density at radius 3 is 2.18 bits per heavy atom. The Balaban J connectivity index is 2.23. The fraction of sp³-hybridized carbons (Fsp3) is 0.625. The first-order valence-corrected chi connectivity index (χ1v) is 6.85. The maximum atomic E-state index is 6.32. The second kappa shape index (κ2) is 5.22. The van der Waals surface area contributed by atoms with Crippen molar-refractivity contribution in [3.05, 3.63) is 35.9 Å². The van der Waals surface area contributed by atoms with Gasteiger partial charge in [0.2, 0.25) is 0 Å². The van der Waals surface area contributed by atoms with Crippen LogP contribution in [0.4, 0.5) is 0 Å². The summed E-state index contributed by atoms with van der Waals surface area (Å²) in [5, 5.41) is 0. The van der Waals surface area contributed by atoms with Crippen molar-refractivity contribution in [3.63, 3.8) is 0 Å². The van der Waals surface area contributed by atoms with Crippen molar-refractivity contribution in [2.45, 2.75) is 46.3 Å². The molecule has 1 heteroatoms. The summed E-state index contributed by atoms with van der Waals surface area (Å²) in [5.41, 5.74) is 1.33. The van der Waals surface area contributed by atoms with E-state index in [-0.39, 0.29) is 6.10 Å². The zero-order valence-electron chi connectivity index (χ0n) is 11.4. The van der Waals surface area contributed by atoms with Crippen LogP contribution in [0.15, 0.2) is 30.3 Å². The molecule has 5 atom stereocenters. The van der Waals surface area contributed by atoms with Crippen molar-refractivity contribution in [1.82, 2.24) is 0 Å². The normalized spacial score (nSPS) is 38.0. The molecule has 0 bridgehead atoms. The summed E-state index contributed by atoms with van der Waals surface area (Å²) in [5.74, 6) is 1.98. The predicted octanol–water partition coefficient (Wildman–Crippen LogP) is 4.44. The Hall–Kier alpha value is -0.820. The van der Waals surface area contributed by atoms with Crippen LogP contribution in [-0.4, -0.2) is 6.10 Å². The van der Waals surface area contributed by atoms with Gasteiger partial charge in [-0.1, -0.05) is 58.0 Å². The fourth-order valence-corrected chi connectivity index (χ4v) is 3.02. The number of hydrogen-bond donors (Lipinski definition) is 0. The molecule has 1 heterocycles. The van der Waals surface area contributed by atoms with Gasteiger partial charge in [-0.2, -0.15) is 0 Å². The van der Waals surface area contributed by atoms with E-state index in [9.17, 15) is 0 Å². The smallest absolute Gasteiger partial charge is 0.0856 e. The molecule has 0 aromatic heterocycles. The fourth-order valence-electron chi connectivity index (χ4n) is 3.02. The second-order valence-electron chi connectivity index (χ2n) is 5.49. The lowest BCUT2D eigenvalue weighted by Gasteiger charge is -2.44.